The van der Waals surface area contributed by atoms with Gasteiger partial charge in [-0.1, -0.05) is 0 Å². The Morgan fingerprint density at radius 1 is 1.29 bits per heavy atom. The summed E-state index contributed by atoms with van der Waals surface area (Å²) in [5.74, 6) is -2.65. The third kappa shape index (κ3) is 5.92. The van der Waals surface area contributed by atoms with Crippen LogP contribution in [0.1, 0.15) is 29.0 Å². The van der Waals surface area contributed by atoms with Crippen LogP contribution in [0.15, 0.2) is 12.1 Å². The largest absolute Gasteiger partial charge is 0.490 e. The van der Waals surface area contributed by atoms with Crippen LogP contribution in [0.3, 0.4) is 0 Å². The lowest BCUT2D eigenvalue weighted by atomic mass is 9.98. The molecule has 0 aliphatic carbocycles. The van der Waals surface area contributed by atoms with Crippen LogP contribution in [-0.4, -0.2) is 71.8 Å². The van der Waals surface area contributed by atoms with Gasteiger partial charge >= 0.3 is 12.1 Å². The number of thiophene rings is 1. The van der Waals surface area contributed by atoms with E-state index >= 15 is 0 Å². The Balaban J connectivity index is 0.000000345. The van der Waals surface area contributed by atoms with Gasteiger partial charge in [-0.15, -0.1) is 11.3 Å². The van der Waals surface area contributed by atoms with Gasteiger partial charge in [0.15, 0.2) is 0 Å². The third-order valence-electron chi connectivity index (χ3n) is 4.78. The number of amides is 1. The molecule has 3 atom stereocenters. The first kappa shape index (κ1) is 22.6. The van der Waals surface area contributed by atoms with E-state index in [0.29, 0.717) is 6.04 Å². The highest BCUT2D eigenvalue weighted by Gasteiger charge is 2.42. The van der Waals surface area contributed by atoms with Gasteiger partial charge in [0.1, 0.15) is 6.10 Å². The second-order valence-corrected chi connectivity index (χ2v) is 8.49. The van der Waals surface area contributed by atoms with Crippen molar-refractivity contribution in [1.29, 1.82) is 0 Å². The summed E-state index contributed by atoms with van der Waals surface area (Å²) in [7, 11) is 3.61. The highest BCUT2D eigenvalue weighted by molar-refractivity contribution is 7.11. The maximum atomic E-state index is 12.1. The molecule has 2 aliphatic rings. The number of carboxylic acids is 1. The number of likely N-dealkylation sites (tertiary alicyclic amines) is 1. The molecule has 2 aliphatic heterocycles. The van der Waals surface area contributed by atoms with Crippen LogP contribution in [0, 0.1) is 6.92 Å². The average Bonchev–Trinajstić information content (AvgIpc) is 3.20. The second-order valence-electron chi connectivity index (χ2n) is 7.11. The molecule has 158 valence electrons. The molecule has 0 aromatic carbocycles. The summed E-state index contributed by atoms with van der Waals surface area (Å²) in [5, 5.41) is 7.12. The maximum absolute atomic E-state index is 12.1. The molecule has 2 fully saturated rings. The van der Waals surface area contributed by atoms with Gasteiger partial charge in [0, 0.05) is 43.0 Å². The zero-order chi connectivity index (χ0) is 21.1. The number of alkyl halides is 3. The van der Waals surface area contributed by atoms with Gasteiger partial charge < -0.3 is 14.7 Å². The molecule has 3 rings (SSSR count). The van der Waals surface area contributed by atoms with E-state index in [1.165, 1.54) is 9.75 Å². The van der Waals surface area contributed by atoms with E-state index in [-0.39, 0.29) is 18.1 Å². The molecule has 0 saturated carbocycles. The maximum Gasteiger partial charge on any atom is 0.490 e. The number of fused-ring (bicyclic) bond motifs is 1. The minimum absolute atomic E-state index is 0.112. The highest BCUT2D eigenvalue weighted by atomic mass is 32.1. The van der Waals surface area contributed by atoms with Crippen molar-refractivity contribution in [1.82, 2.24) is 9.80 Å². The van der Waals surface area contributed by atoms with Crippen molar-refractivity contribution in [2.24, 2.45) is 0 Å². The minimum Gasteiger partial charge on any atom is -0.475 e. The summed E-state index contributed by atoms with van der Waals surface area (Å²) in [6, 6.07) is 4.91. The van der Waals surface area contributed by atoms with Crippen LogP contribution in [-0.2, 0) is 20.9 Å². The van der Waals surface area contributed by atoms with Crippen molar-refractivity contribution in [2.75, 3.05) is 20.6 Å². The van der Waals surface area contributed by atoms with E-state index in [4.69, 9.17) is 14.6 Å². The number of carbonyl (C=O) groups is 2. The fourth-order valence-electron chi connectivity index (χ4n) is 3.45. The molecule has 0 radical (unpaired) electrons. The molecule has 1 N–H and O–H groups in total. The molecule has 0 spiro atoms. The molecule has 1 aromatic heterocycles. The topological polar surface area (TPSA) is 70.1 Å². The van der Waals surface area contributed by atoms with Gasteiger partial charge in [0.2, 0.25) is 0 Å². The smallest absolute Gasteiger partial charge is 0.475 e. The Hall–Kier alpha value is -1.65. The van der Waals surface area contributed by atoms with Gasteiger partial charge in [0.05, 0.1) is 6.10 Å². The molecule has 3 heterocycles. The van der Waals surface area contributed by atoms with Gasteiger partial charge in [-0.05, 0) is 38.3 Å². The molecule has 1 aromatic rings. The Labute approximate surface area is 165 Å². The minimum atomic E-state index is -5.08. The van der Waals surface area contributed by atoms with E-state index in [2.05, 4.69) is 24.0 Å². The normalized spacial score (nSPS) is 24.9. The van der Waals surface area contributed by atoms with Crippen LogP contribution >= 0.6 is 11.3 Å². The van der Waals surface area contributed by atoms with Crippen LogP contribution in [0.4, 0.5) is 13.2 Å². The van der Waals surface area contributed by atoms with E-state index in [0.717, 1.165) is 32.4 Å². The number of carboxylic acid groups (broad SMARTS) is 1. The van der Waals surface area contributed by atoms with Crippen LogP contribution < -0.4 is 0 Å². The number of aliphatic carboxylic acids is 1. The summed E-state index contributed by atoms with van der Waals surface area (Å²) in [6.07, 6.45) is -2.12. The number of hydrogen-bond acceptors (Lipinski definition) is 5. The number of nitrogens with zero attached hydrogens (tertiary/aromatic N) is 2. The molecular formula is C18H25F3N2O4S. The Morgan fingerprint density at radius 2 is 1.93 bits per heavy atom. The Kier molecular flexibility index (Phi) is 7.46. The first-order valence-electron chi connectivity index (χ1n) is 8.95. The third-order valence-corrected chi connectivity index (χ3v) is 5.76. The lowest BCUT2D eigenvalue weighted by Crippen LogP contribution is -2.47. The van der Waals surface area contributed by atoms with Crippen LogP contribution in [0.25, 0.3) is 0 Å². The van der Waals surface area contributed by atoms with Gasteiger partial charge in [0.25, 0.3) is 5.91 Å². The molecule has 1 amide bonds. The number of hydrogen-bond donors (Lipinski definition) is 1. The fraction of sp³-hybridized carbons (Fsp3) is 0.667. The number of halogens is 3. The van der Waals surface area contributed by atoms with E-state index in [9.17, 15) is 18.0 Å². The summed E-state index contributed by atoms with van der Waals surface area (Å²) in [5.41, 5.74) is 0. The zero-order valence-corrected chi connectivity index (χ0v) is 16.8. The van der Waals surface area contributed by atoms with Crippen molar-refractivity contribution >= 4 is 23.2 Å². The lowest BCUT2D eigenvalue weighted by Gasteiger charge is -2.36. The first-order valence-corrected chi connectivity index (χ1v) is 9.76. The fourth-order valence-corrected chi connectivity index (χ4v) is 4.37. The molecule has 0 unspecified atom stereocenters. The van der Waals surface area contributed by atoms with Gasteiger partial charge in [-0.2, -0.15) is 13.2 Å². The highest BCUT2D eigenvalue weighted by Crippen LogP contribution is 2.33. The zero-order valence-electron chi connectivity index (χ0n) is 16.0. The number of likely N-dealkylation sites (N-methyl/N-ethyl adjacent to an activating group) is 1. The molecule has 0 bridgehead atoms. The van der Waals surface area contributed by atoms with E-state index in [1.807, 2.05) is 11.3 Å². The SMILES string of the molecule is Cc1ccc(CN2CC[C@H]3O[C@@H](C(=O)N(C)C)CC[C@H]32)s1.O=C(O)C(F)(F)F. The first-order chi connectivity index (χ1) is 13.0. The monoisotopic (exact) mass is 422 g/mol. The standard InChI is InChI=1S/C16H24N2O2S.C2HF3O2/c1-11-4-5-12(21-11)10-18-9-8-14-13(18)6-7-15(20-14)16(19)17(2)3;3-2(4,5)1(6)7/h4-5,13-15H,6-10H2,1-3H3;(H,6,7)/t13-,14-,15-;/m1./s1. The van der Waals surface area contributed by atoms with Crippen molar-refractivity contribution in [3.05, 3.63) is 21.9 Å². The van der Waals surface area contributed by atoms with Crippen LogP contribution in [0.5, 0.6) is 0 Å². The van der Waals surface area contributed by atoms with Gasteiger partial charge in [-0.25, -0.2) is 4.79 Å². The number of carbonyl (C=O) groups excluding carboxylic acids is 1. The van der Waals surface area contributed by atoms with Crippen molar-refractivity contribution in [3.8, 4) is 0 Å². The molecule has 2 saturated heterocycles. The van der Waals surface area contributed by atoms with Crippen molar-refractivity contribution in [2.45, 2.75) is 57.2 Å². The number of rotatable bonds is 3. The molecule has 10 heteroatoms. The molecule has 28 heavy (non-hydrogen) atoms. The van der Waals surface area contributed by atoms with E-state index in [1.54, 1.807) is 19.0 Å². The molecular weight excluding hydrogens is 397 g/mol. The number of ether oxygens (including phenoxy) is 1. The molecule has 6 nitrogen and oxygen atoms in total. The van der Waals surface area contributed by atoms with Crippen molar-refractivity contribution in [3.63, 3.8) is 0 Å². The Bertz CT molecular complexity index is 693. The summed E-state index contributed by atoms with van der Waals surface area (Å²) >= 11 is 1.88. The average molecular weight is 422 g/mol. The predicted molar refractivity (Wildman–Crippen MR) is 98.2 cm³/mol. The second kappa shape index (κ2) is 9.23. The Morgan fingerprint density at radius 3 is 2.43 bits per heavy atom. The summed E-state index contributed by atoms with van der Waals surface area (Å²) < 4.78 is 37.8. The van der Waals surface area contributed by atoms with Crippen LogP contribution in [0.2, 0.25) is 0 Å². The van der Waals surface area contributed by atoms with E-state index < -0.39 is 12.1 Å². The predicted octanol–water partition coefficient (Wildman–Crippen LogP) is 2.90. The lowest BCUT2D eigenvalue weighted by molar-refractivity contribution is -0.192. The van der Waals surface area contributed by atoms with Gasteiger partial charge in [-0.3, -0.25) is 9.69 Å². The quantitative estimate of drug-likeness (QED) is 0.811. The van der Waals surface area contributed by atoms with Crippen molar-refractivity contribution < 1.29 is 32.6 Å². The summed E-state index contributed by atoms with van der Waals surface area (Å²) in [6.45, 7) is 4.26. The number of aryl methyl sites for hydroxylation is 1. The summed E-state index contributed by atoms with van der Waals surface area (Å²) in [4.78, 5) is 27.9.